The average molecular weight is 332 g/mol. The van der Waals surface area contributed by atoms with Crippen LogP contribution in [0.4, 0.5) is 0 Å². The van der Waals surface area contributed by atoms with Crippen molar-refractivity contribution in [2.75, 3.05) is 0 Å². The summed E-state index contributed by atoms with van der Waals surface area (Å²) in [7, 11) is 0. The fraction of sp³-hybridized carbons (Fsp3) is 0.105. The van der Waals surface area contributed by atoms with E-state index >= 15 is 0 Å². The molecule has 0 unspecified atom stereocenters. The summed E-state index contributed by atoms with van der Waals surface area (Å²) in [4.78, 5) is 15.9. The van der Waals surface area contributed by atoms with Crippen LogP contribution < -0.4 is 9.47 Å². The summed E-state index contributed by atoms with van der Waals surface area (Å²) >= 11 is 0. The van der Waals surface area contributed by atoms with Crippen LogP contribution in [-0.4, -0.2) is 19.9 Å². The van der Waals surface area contributed by atoms with Crippen LogP contribution in [-0.2, 0) is 6.61 Å². The molecule has 124 valence electrons. The molecule has 2 heterocycles. The minimum absolute atomic E-state index is 0.249. The number of aryl methyl sites for hydroxylation is 1. The fourth-order valence-electron chi connectivity index (χ4n) is 2.44. The van der Waals surface area contributed by atoms with Gasteiger partial charge in [-0.3, -0.25) is 0 Å². The normalized spacial score (nSPS) is 10.8. The molecule has 0 aliphatic rings. The van der Waals surface area contributed by atoms with Crippen LogP contribution in [0.2, 0.25) is 0 Å². The monoisotopic (exact) mass is 332 g/mol. The highest BCUT2D eigenvalue weighted by atomic mass is 16.5. The number of fused-ring (bicyclic) bond motifs is 1. The van der Waals surface area contributed by atoms with E-state index < -0.39 is 0 Å². The zero-order valence-corrected chi connectivity index (χ0v) is 13.6. The molecule has 2 aromatic heterocycles. The first-order valence-electron chi connectivity index (χ1n) is 7.90. The standard InChI is InChI=1S/C19H16N4O2/c1-13-21-17-11-20-19(23-18(17)22-13)25-16-9-5-8-15(10-16)24-12-14-6-3-2-4-7-14/h2-11H,12H2,1H3,(H,20,21,22,23). The smallest absolute Gasteiger partial charge is 0.324 e. The molecule has 0 saturated carbocycles. The molecule has 6 heteroatoms. The third kappa shape index (κ3) is 3.58. The van der Waals surface area contributed by atoms with Crippen LogP contribution in [0, 0.1) is 6.92 Å². The second kappa shape index (κ2) is 6.60. The van der Waals surface area contributed by atoms with Crippen LogP contribution in [0.15, 0.2) is 60.8 Å². The van der Waals surface area contributed by atoms with Gasteiger partial charge < -0.3 is 14.5 Å². The lowest BCUT2D eigenvalue weighted by Crippen LogP contribution is -1.96. The zero-order chi connectivity index (χ0) is 17.1. The van der Waals surface area contributed by atoms with Gasteiger partial charge in [0.05, 0.1) is 6.20 Å². The van der Waals surface area contributed by atoms with Crippen molar-refractivity contribution in [2.24, 2.45) is 0 Å². The van der Waals surface area contributed by atoms with Crippen molar-refractivity contribution in [3.05, 3.63) is 72.2 Å². The maximum Gasteiger partial charge on any atom is 0.324 e. The van der Waals surface area contributed by atoms with E-state index in [-0.39, 0.29) is 6.01 Å². The van der Waals surface area contributed by atoms with Gasteiger partial charge >= 0.3 is 6.01 Å². The lowest BCUT2D eigenvalue weighted by molar-refractivity contribution is 0.304. The van der Waals surface area contributed by atoms with E-state index in [2.05, 4.69) is 19.9 Å². The predicted molar refractivity (Wildman–Crippen MR) is 93.7 cm³/mol. The van der Waals surface area contributed by atoms with E-state index in [4.69, 9.17) is 9.47 Å². The quantitative estimate of drug-likeness (QED) is 0.597. The summed E-state index contributed by atoms with van der Waals surface area (Å²) < 4.78 is 11.5. The van der Waals surface area contributed by atoms with Gasteiger partial charge in [-0.15, -0.1) is 0 Å². The first-order chi connectivity index (χ1) is 12.3. The van der Waals surface area contributed by atoms with Gasteiger partial charge in [0.15, 0.2) is 5.65 Å². The van der Waals surface area contributed by atoms with Gasteiger partial charge in [-0.05, 0) is 24.6 Å². The molecule has 1 N–H and O–H groups in total. The number of imidazole rings is 1. The Labute approximate surface area is 144 Å². The van der Waals surface area contributed by atoms with E-state index in [9.17, 15) is 0 Å². The summed E-state index contributed by atoms with van der Waals surface area (Å²) in [5.74, 6) is 2.12. The molecule has 0 amide bonds. The molecule has 4 rings (SSSR count). The Kier molecular flexibility index (Phi) is 4.00. The largest absolute Gasteiger partial charge is 0.489 e. The summed E-state index contributed by atoms with van der Waals surface area (Å²) in [5.41, 5.74) is 2.47. The second-order valence-corrected chi connectivity index (χ2v) is 5.56. The van der Waals surface area contributed by atoms with E-state index in [1.165, 1.54) is 0 Å². The van der Waals surface area contributed by atoms with E-state index in [0.29, 0.717) is 18.0 Å². The van der Waals surface area contributed by atoms with Crippen LogP contribution in [0.3, 0.4) is 0 Å². The number of H-pyrrole nitrogens is 1. The third-order valence-corrected chi connectivity index (χ3v) is 3.60. The first-order valence-corrected chi connectivity index (χ1v) is 7.90. The molecule has 0 radical (unpaired) electrons. The first kappa shape index (κ1) is 15.1. The van der Waals surface area contributed by atoms with Gasteiger partial charge in [0.1, 0.15) is 29.4 Å². The van der Waals surface area contributed by atoms with Crippen LogP contribution in [0.1, 0.15) is 11.4 Å². The number of ether oxygens (including phenoxy) is 2. The van der Waals surface area contributed by atoms with Crippen molar-refractivity contribution in [2.45, 2.75) is 13.5 Å². The van der Waals surface area contributed by atoms with Crippen molar-refractivity contribution in [1.82, 2.24) is 19.9 Å². The Balaban J connectivity index is 1.48. The summed E-state index contributed by atoms with van der Waals surface area (Å²) in [5, 5.41) is 0. The Bertz CT molecular complexity index is 999. The number of hydrogen-bond donors (Lipinski definition) is 1. The molecule has 0 saturated heterocycles. The molecule has 6 nitrogen and oxygen atoms in total. The molecule has 0 aliphatic heterocycles. The molecule has 2 aromatic carbocycles. The molecule has 0 bridgehead atoms. The predicted octanol–water partition coefficient (Wildman–Crippen LogP) is 4.03. The highest BCUT2D eigenvalue weighted by molar-refractivity contribution is 5.69. The Hall–Kier alpha value is -3.41. The SMILES string of the molecule is Cc1nc2nc(Oc3cccc(OCc4ccccc4)c3)ncc2[nH]1. The molecule has 0 fully saturated rings. The summed E-state index contributed by atoms with van der Waals surface area (Å²) in [6.07, 6.45) is 1.66. The highest BCUT2D eigenvalue weighted by Gasteiger charge is 2.07. The van der Waals surface area contributed by atoms with Crippen molar-refractivity contribution in [3.8, 4) is 17.5 Å². The highest BCUT2D eigenvalue weighted by Crippen LogP contribution is 2.24. The second-order valence-electron chi connectivity index (χ2n) is 5.56. The minimum Gasteiger partial charge on any atom is -0.489 e. The van der Waals surface area contributed by atoms with Crippen molar-refractivity contribution >= 4 is 11.2 Å². The maximum absolute atomic E-state index is 5.81. The van der Waals surface area contributed by atoms with Crippen molar-refractivity contribution < 1.29 is 9.47 Å². The van der Waals surface area contributed by atoms with Gasteiger partial charge in [0.25, 0.3) is 0 Å². The molecule has 0 aliphatic carbocycles. The number of benzene rings is 2. The van der Waals surface area contributed by atoms with E-state index in [0.717, 1.165) is 22.7 Å². The summed E-state index contributed by atoms with van der Waals surface area (Å²) in [6.45, 7) is 2.37. The maximum atomic E-state index is 5.81. The number of rotatable bonds is 5. The lowest BCUT2D eigenvalue weighted by atomic mass is 10.2. The Morgan fingerprint density at radius 2 is 1.80 bits per heavy atom. The average Bonchev–Trinajstić information content (AvgIpc) is 3.00. The van der Waals surface area contributed by atoms with E-state index in [1.807, 2.05) is 61.5 Å². The Morgan fingerprint density at radius 1 is 0.960 bits per heavy atom. The number of aromatic amines is 1. The van der Waals surface area contributed by atoms with E-state index in [1.54, 1.807) is 6.20 Å². The molecular weight excluding hydrogens is 316 g/mol. The molecular formula is C19H16N4O2. The topological polar surface area (TPSA) is 72.9 Å². The molecule has 4 aromatic rings. The minimum atomic E-state index is 0.249. The number of hydrogen-bond acceptors (Lipinski definition) is 5. The Morgan fingerprint density at radius 3 is 2.68 bits per heavy atom. The van der Waals surface area contributed by atoms with Crippen molar-refractivity contribution in [1.29, 1.82) is 0 Å². The van der Waals surface area contributed by atoms with Gasteiger partial charge in [-0.1, -0.05) is 36.4 Å². The van der Waals surface area contributed by atoms with Crippen LogP contribution in [0.25, 0.3) is 11.2 Å². The van der Waals surface area contributed by atoms with Crippen molar-refractivity contribution in [3.63, 3.8) is 0 Å². The lowest BCUT2D eigenvalue weighted by Gasteiger charge is -2.08. The van der Waals surface area contributed by atoms with Gasteiger partial charge in [-0.2, -0.15) is 4.98 Å². The number of aromatic nitrogens is 4. The third-order valence-electron chi connectivity index (χ3n) is 3.60. The summed E-state index contributed by atoms with van der Waals surface area (Å²) in [6, 6.07) is 17.7. The van der Waals surface area contributed by atoms with Gasteiger partial charge in [0.2, 0.25) is 0 Å². The molecule has 0 spiro atoms. The molecule has 0 atom stereocenters. The molecule has 25 heavy (non-hydrogen) atoms. The van der Waals surface area contributed by atoms with Gasteiger partial charge in [0, 0.05) is 6.07 Å². The number of nitrogens with zero attached hydrogens (tertiary/aromatic N) is 3. The zero-order valence-electron chi connectivity index (χ0n) is 13.6. The van der Waals surface area contributed by atoms with Crippen LogP contribution >= 0.6 is 0 Å². The number of nitrogens with one attached hydrogen (secondary N) is 1. The van der Waals surface area contributed by atoms with Crippen LogP contribution in [0.5, 0.6) is 17.5 Å². The fourth-order valence-corrected chi connectivity index (χ4v) is 2.44. The van der Waals surface area contributed by atoms with Gasteiger partial charge in [-0.25, -0.2) is 9.97 Å².